The van der Waals surface area contributed by atoms with E-state index in [2.05, 4.69) is 16.6 Å². The van der Waals surface area contributed by atoms with Gasteiger partial charge in [0.25, 0.3) is 5.56 Å². The second kappa shape index (κ2) is 9.87. The summed E-state index contributed by atoms with van der Waals surface area (Å²) in [7, 11) is 1.66. The maximum Gasteiger partial charge on any atom is 0.261 e. The van der Waals surface area contributed by atoms with Crippen LogP contribution in [0.15, 0.2) is 88.7 Å². The smallest absolute Gasteiger partial charge is 0.261 e. The van der Waals surface area contributed by atoms with Gasteiger partial charge in [-0.15, -0.1) is 0 Å². The monoisotopic (exact) mass is 432 g/mol. The van der Waals surface area contributed by atoms with Gasteiger partial charge in [-0.3, -0.25) is 14.4 Å². The molecule has 0 saturated carbocycles. The molecule has 0 fully saturated rings. The number of ether oxygens (including phenoxy) is 1. The van der Waals surface area contributed by atoms with Crippen LogP contribution in [0.25, 0.3) is 11.1 Å². The lowest BCUT2D eigenvalue weighted by molar-refractivity contribution is 0.393. The Morgan fingerprint density at radius 2 is 1.97 bits per heavy atom. The second-order valence-corrected chi connectivity index (χ2v) is 7.40. The molecule has 6 nitrogen and oxygen atoms in total. The van der Waals surface area contributed by atoms with Gasteiger partial charge in [-0.05, 0) is 37.1 Å². The second-order valence-electron chi connectivity index (χ2n) is 7.40. The highest BCUT2D eigenvalue weighted by molar-refractivity contribution is 5.93. The van der Waals surface area contributed by atoms with Crippen molar-refractivity contribution >= 4 is 5.71 Å². The zero-order chi connectivity index (χ0) is 23.3. The number of nitrogens with two attached hydrogens (primary N) is 1. The fourth-order valence-electron chi connectivity index (χ4n) is 3.17. The van der Waals surface area contributed by atoms with Crippen LogP contribution in [0.1, 0.15) is 25.2 Å². The number of halogens is 1. The van der Waals surface area contributed by atoms with Gasteiger partial charge in [0.05, 0.1) is 5.56 Å². The molecule has 1 heterocycles. The maximum atomic E-state index is 14.7. The van der Waals surface area contributed by atoms with Crippen molar-refractivity contribution in [1.29, 1.82) is 0 Å². The molecule has 0 aliphatic rings. The lowest BCUT2D eigenvalue weighted by atomic mass is 10.1. The van der Waals surface area contributed by atoms with E-state index in [1.807, 2.05) is 30.3 Å². The van der Waals surface area contributed by atoms with E-state index in [4.69, 9.17) is 10.5 Å². The largest absolute Gasteiger partial charge is 0.438 e. The zero-order valence-corrected chi connectivity index (χ0v) is 18.3. The Kier molecular flexibility index (Phi) is 7.00. The van der Waals surface area contributed by atoms with E-state index in [1.165, 1.54) is 29.0 Å². The third-order valence-corrected chi connectivity index (χ3v) is 4.66. The average molecular weight is 432 g/mol. The van der Waals surface area contributed by atoms with E-state index >= 15 is 0 Å². The Bertz CT molecular complexity index is 1260. The fourth-order valence-corrected chi connectivity index (χ4v) is 3.17. The quantitative estimate of drug-likeness (QED) is 0.444. The number of aromatic nitrogens is 2. The SMILES string of the molecule is C=C(C)N=C(C)/C=C(\N)Oc1ccc(-c2cnc(Cc3ccccc3)n(C)c2=O)cc1F. The van der Waals surface area contributed by atoms with E-state index < -0.39 is 5.82 Å². The van der Waals surface area contributed by atoms with Crippen LogP contribution in [0, 0.1) is 5.82 Å². The number of aliphatic imine (C=N–C) groups is 1. The van der Waals surface area contributed by atoms with Gasteiger partial charge in [0.1, 0.15) is 5.82 Å². The molecule has 0 aliphatic carbocycles. The van der Waals surface area contributed by atoms with E-state index in [0.29, 0.717) is 34.8 Å². The van der Waals surface area contributed by atoms with Crippen molar-refractivity contribution in [1.82, 2.24) is 9.55 Å². The summed E-state index contributed by atoms with van der Waals surface area (Å²) >= 11 is 0. The van der Waals surface area contributed by atoms with Gasteiger partial charge in [-0.1, -0.05) is 43.0 Å². The van der Waals surface area contributed by atoms with Crippen LogP contribution in [-0.2, 0) is 13.5 Å². The molecule has 3 aromatic rings. The molecule has 0 saturated heterocycles. The fraction of sp³-hybridized carbons (Fsp3) is 0.160. The Morgan fingerprint density at radius 1 is 1.25 bits per heavy atom. The number of rotatable bonds is 7. The van der Waals surface area contributed by atoms with E-state index in [0.717, 1.165) is 5.56 Å². The van der Waals surface area contributed by atoms with Crippen LogP contribution >= 0.6 is 0 Å². The van der Waals surface area contributed by atoms with Crippen LogP contribution in [0.4, 0.5) is 4.39 Å². The Hall–Kier alpha value is -4.00. The molecule has 164 valence electrons. The number of hydrogen-bond acceptors (Lipinski definition) is 5. The standard InChI is InChI=1S/C25H25FN4O2/c1-16(2)29-17(3)12-23(27)32-22-11-10-19(14-21(22)26)20-15-28-24(30(4)25(20)31)13-18-8-6-5-7-9-18/h5-12,14-15H,1,13,27H2,2-4H3/b23-12+,29-17?. The van der Waals surface area contributed by atoms with Crippen molar-refractivity contribution in [2.75, 3.05) is 0 Å². The first-order valence-corrected chi connectivity index (χ1v) is 9.99. The maximum absolute atomic E-state index is 14.7. The summed E-state index contributed by atoms with van der Waals surface area (Å²) in [5.41, 5.74) is 8.50. The average Bonchev–Trinajstić information content (AvgIpc) is 2.73. The number of hydrogen-bond donors (Lipinski definition) is 1. The predicted octanol–water partition coefficient (Wildman–Crippen LogP) is 4.35. The van der Waals surface area contributed by atoms with Crippen LogP contribution in [0.5, 0.6) is 5.75 Å². The van der Waals surface area contributed by atoms with Gasteiger partial charge in [0, 0.05) is 37.2 Å². The van der Waals surface area contributed by atoms with E-state index in [1.54, 1.807) is 27.0 Å². The minimum Gasteiger partial charge on any atom is -0.438 e. The van der Waals surface area contributed by atoms with Gasteiger partial charge < -0.3 is 10.5 Å². The summed E-state index contributed by atoms with van der Waals surface area (Å²) in [6.45, 7) is 7.17. The highest BCUT2D eigenvalue weighted by Crippen LogP contribution is 2.24. The van der Waals surface area contributed by atoms with Gasteiger partial charge in [-0.2, -0.15) is 0 Å². The molecule has 32 heavy (non-hydrogen) atoms. The van der Waals surface area contributed by atoms with E-state index in [9.17, 15) is 9.18 Å². The number of allylic oxidation sites excluding steroid dienone is 2. The first-order valence-electron chi connectivity index (χ1n) is 9.99. The topological polar surface area (TPSA) is 82.5 Å². The van der Waals surface area contributed by atoms with Crippen molar-refractivity contribution in [2.24, 2.45) is 17.8 Å². The third kappa shape index (κ3) is 5.57. The van der Waals surface area contributed by atoms with E-state index in [-0.39, 0.29) is 17.2 Å². The Balaban J connectivity index is 1.84. The molecule has 0 bridgehead atoms. The molecule has 0 aliphatic heterocycles. The van der Waals surface area contributed by atoms with Crippen LogP contribution in [0.3, 0.4) is 0 Å². The lowest BCUT2D eigenvalue weighted by Gasteiger charge is -2.11. The number of benzene rings is 2. The summed E-state index contributed by atoms with van der Waals surface area (Å²) in [5, 5.41) is 0. The summed E-state index contributed by atoms with van der Waals surface area (Å²) < 4.78 is 21.5. The first-order chi connectivity index (χ1) is 15.2. The molecule has 7 heteroatoms. The minimum absolute atomic E-state index is 0.0120. The summed E-state index contributed by atoms with van der Waals surface area (Å²) in [4.78, 5) is 21.4. The van der Waals surface area contributed by atoms with Gasteiger partial charge in [-0.25, -0.2) is 9.37 Å². The molecule has 0 unspecified atom stereocenters. The van der Waals surface area contributed by atoms with Gasteiger partial charge in [0.15, 0.2) is 17.4 Å². The Labute approximate surface area is 186 Å². The molecule has 2 N–H and O–H groups in total. The van der Waals surface area contributed by atoms with Crippen molar-refractivity contribution < 1.29 is 9.13 Å². The molecular formula is C25H25FN4O2. The predicted molar refractivity (Wildman–Crippen MR) is 125 cm³/mol. The van der Waals surface area contributed by atoms with Crippen LogP contribution in [-0.4, -0.2) is 15.3 Å². The van der Waals surface area contributed by atoms with Crippen LogP contribution in [0.2, 0.25) is 0 Å². The highest BCUT2D eigenvalue weighted by atomic mass is 19.1. The normalized spacial score (nSPS) is 12.0. The van der Waals surface area contributed by atoms with Gasteiger partial charge in [0.2, 0.25) is 0 Å². The van der Waals surface area contributed by atoms with Crippen molar-refractivity contribution in [3.8, 4) is 16.9 Å². The molecule has 3 rings (SSSR count). The van der Waals surface area contributed by atoms with Crippen molar-refractivity contribution in [3.05, 3.63) is 107 Å². The first kappa shape index (κ1) is 22.7. The Morgan fingerprint density at radius 3 is 2.62 bits per heavy atom. The van der Waals surface area contributed by atoms with Crippen molar-refractivity contribution in [2.45, 2.75) is 20.3 Å². The molecule has 1 aromatic heterocycles. The highest BCUT2D eigenvalue weighted by Gasteiger charge is 2.13. The molecule has 0 atom stereocenters. The molecule has 0 spiro atoms. The molecule has 2 aromatic carbocycles. The van der Waals surface area contributed by atoms with Gasteiger partial charge >= 0.3 is 0 Å². The minimum atomic E-state index is -0.649. The van der Waals surface area contributed by atoms with Crippen molar-refractivity contribution in [3.63, 3.8) is 0 Å². The molecule has 0 radical (unpaired) electrons. The summed E-state index contributed by atoms with van der Waals surface area (Å²) in [6.07, 6.45) is 3.47. The molecule has 0 amide bonds. The molecular weight excluding hydrogens is 407 g/mol. The summed E-state index contributed by atoms with van der Waals surface area (Å²) in [6, 6.07) is 14.0. The number of nitrogens with zero attached hydrogens (tertiary/aromatic N) is 3. The zero-order valence-electron chi connectivity index (χ0n) is 18.3. The third-order valence-electron chi connectivity index (χ3n) is 4.66. The van der Waals surface area contributed by atoms with Crippen LogP contribution < -0.4 is 16.0 Å². The summed E-state index contributed by atoms with van der Waals surface area (Å²) in [5.74, 6) is -0.100. The lowest BCUT2D eigenvalue weighted by Crippen LogP contribution is -2.23.